The Bertz CT molecular complexity index is 1210. The molecule has 46 heavy (non-hydrogen) atoms. The minimum atomic E-state index is -0.314. The van der Waals surface area contributed by atoms with Crippen LogP contribution in [0.4, 0.5) is 0 Å². The summed E-state index contributed by atoms with van der Waals surface area (Å²) in [5, 5.41) is 0. The summed E-state index contributed by atoms with van der Waals surface area (Å²) in [7, 11) is 3.09. The van der Waals surface area contributed by atoms with E-state index >= 15 is 0 Å². The van der Waals surface area contributed by atoms with Crippen molar-refractivity contribution < 1.29 is 19.1 Å². The Hall–Kier alpha value is -2.10. The van der Waals surface area contributed by atoms with Gasteiger partial charge in [0.15, 0.2) is 0 Å². The highest BCUT2D eigenvalue weighted by atomic mass is 16.5. The lowest BCUT2D eigenvalue weighted by Gasteiger charge is -2.57. The first-order valence-electron chi connectivity index (χ1n) is 18.6. The molecular formula is C42H64O4. The molecule has 0 amide bonds. The van der Waals surface area contributed by atoms with Crippen molar-refractivity contribution in [2.75, 3.05) is 14.2 Å². The summed E-state index contributed by atoms with van der Waals surface area (Å²) < 4.78 is 10.4. The van der Waals surface area contributed by atoms with Gasteiger partial charge in [-0.2, -0.15) is 0 Å². The van der Waals surface area contributed by atoms with Crippen molar-refractivity contribution >= 4 is 11.9 Å². The van der Waals surface area contributed by atoms with Crippen molar-refractivity contribution in [1.82, 2.24) is 0 Å². The van der Waals surface area contributed by atoms with Crippen molar-refractivity contribution in [1.29, 1.82) is 0 Å². The van der Waals surface area contributed by atoms with Gasteiger partial charge in [0.1, 0.15) is 0 Å². The van der Waals surface area contributed by atoms with Crippen molar-refractivity contribution in [3.63, 3.8) is 0 Å². The van der Waals surface area contributed by atoms with Crippen LogP contribution < -0.4 is 0 Å². The first kappa shape index (κ1) is 35.2. The van der Waals surface area contributed by atoms with Crippen LogP contribution in [0.1, 0.15) is 132 Å². The second-order valence-corrected chi connectivity index (χ2v) is 17.5. The molecule has 0 unspecified atom stereocenters. The lowest BCUT2D eigenvalue weighted by Crippen LogP contribution is -2.53. The normalized spacial score (nSPS) is 39.9. The van der Waals surface area contributed by atoms with Crippen LogP contribution in [-0.4, -0.2) is 26.2 Å². The molecule has 0 aromatic carbocycles. The molecular weight excluding hydrogens is 568 g/mol. The molecule has 6 rings (SSSR count). The molecule has 0 aromatic rings. The Balaban J connectivity index is 0.000000181. The Morgan fingerprint density at radius 3 is 1.35 bits per heavy atom. The van der Waals surface area contributed by atoms with Gasteiger partial charge in [0.05, 0.1) is 25.0 Å². The van der Waals surface area contributed by atoms with Crippen LogP contribution in [0.15, 0.2) is 46.6 Å². The highest BCUT2D eigenvalue weighted by Gasteiger charge is 2.59. The van der Waals surface area contributed by atoms with Gasteiger partial charge in [0.25, 0.3) is 0 Å². The van der Waals surface area contributed by atoms with E-state index in [0.29, 0.717) is 35.5 Å². The predicted molar refractivity (Wildman–Crippen MR) is 188 cm³/mol. The zero-order valence-electron chi connectivity index (χ0n) is 30.9. The van der Waals surface area contributed by atoms with Crippen LogP contribution in [0.5, 0.6) is 0 Å². The van der Waals surface area contributed by atoms with Crippen LogP contribution in [0.3, 0.4) is 0 Å². The summed E-state index contributed by atoms with van der Waals surface area (Å²) in [6.45, 7) is 18.4. The van der Waals surface area contributed by atoms with Gasteiger partial charge >= 0.3 is 11.9 Å². The molecule has 2 fully saturated rings. The van der Waals surface area contributed by atoms with Crippen molar-refractivity contribution in [2.45, 2.75) is 132 Å². The van der Waals surface area contributed by atoms with Crippen molar-refractivity contribution in [3.8, 4) is 0 Å². The third kappa shape index (κ3) is 5.80. The monoisotopic (exact) mass is 632 g/mol. The average Bonchev–Trinajstić information content (AvgIpc) is 3.03. The molecule has 0 N–H and O–H groups in total. The van der Waals surface area contributed by atoms with Gasteiger partial charge in [-0.15, -0.1) is 0 Å². The first-order chi connectivity index (χ1) is 21.7. The Kier molecular flexibility index (Phi) is 10.0. The standard InChI is InChI=1S/2C21H32O2/c2*1-14(2)15-7-9-17-16(13-15)8-10-18-20(17,3)11-6-12-21(18,4)19(22)23-5/h2*8,13-14,17-18H,6-7,9-12H2,1-5H3/t2*17-,18+,20+,21+/m00/s1. The second-order valence-electron chi connectivity index (χ2n) is 17.5. The van der Waals surface area contributed by atoms with Gasteiger partial charge in [-0.05, 0) is 136 Å². The Labute approximate surface area is 280 Å². The highest BCUT2D eigenvalue weighted by Crippen LogP contribution is 2.63. The minimum Gasteiger partial charge on any atom is -0.469 e. The van der Waals surface area contributed by atoms with Crippen molar-refractivity contribution in [3.05, 3.63) is 46.6 Å². The number of allylic oxidation sites excluding steroid dienone is 8. The summed E-state index contributed by atoms with van der Waals surface area (Å²) in [5.41, 5.74) is 6.15. The summed E-state index contributed by atoms with van der Waals surface area (Å²) in [4.78, 5) is 25.1. The summed E-state index contributed by atoms with van der Waals surface area (Å²) >= 11 is 0. The molecule has 8 atom stereocenters. The molecule has 2 saturated carbocycles. The van der Waals surface area contributed by atoms with Crippen LogP contribution in [0.2, 0.25) is 0 Å². The van der Waals surface area contributed by atoms with E-state index in [2.05, 4.69) is 79.7 Å². The van der Waals surface area contributed by atoms with Gasteiger partial charge in [0.2, 0.25) is 0 Å². The van der Waals surface area contributed by atoms with Gasteiger partial charge in [-0.25, -0.2) is 0 Å². The zero-order chi connectivity index (χ0) is 33.7. The largest absolute Gasteiger partial charge is 0.469 e. The van der Waals surface area contributed by atoms with Crippen LogP contribution >= 0.6 is 0 Å². The van der Waals surface area contributed by atoms with E-state index in [-0.39, 0.29) is 33.6 Å². The van der Waals surface area contributed by atoms with E-state index in [0.717, 1.165) is 38.5 Å². The van der Waals surface area contributed by atoms with Gasteiger partial charge < -0.3 is 9.47 Å². The van der Waals surface area contributed by atoms with Crippen LogP contribution in [0.25, 0.3) is 0 Å². The number of carbonyl (C=O) groups is 2. The molecule has 0 aromatic heterocycles. The number of fused-ring (bicyclic) bond motifs is 6. The quantitative estimate of drug-likeness (QED) is 0.289. The van der Waals surface area contributed by atoms with E-state index in [1.54, 1.807) is 36.5 Å². The smallest absolute Gasteiger partial charge is 0.311 e. The van der Waals surface area contributed by atoms with Crippen molar-refractivity contribution in [2.24, 2.45) is 57.2 Å². The van der Waals surface area contributed by atoms with Gasteiger partial charge in [-0.3, -0.25) is 9.59 Å². The Morgan fingerprint density at radius 2 is 1.02 bits per heavy atom. The molecule has 4 nitrogen and oxygen atoms in total. The fourth-order valence-corrected chi connectivity index (χ4v) is 11.6. The molecule has 0 aliphatic heterocycles. The maximum Gasteiger partial charge on any atom is 0.311 e. The Morgan fingerprint density at radius 1 is 0.652 bits per heavy atom. The number of ether oxygens (including phenoxy) is 2. The maximum atomic E-state index is 12.5. The highest BCUT2D eigenvalue weighted by molar-refractivity contribution is 5.77. The number of esters is 2. The summed E-state index contributed by atoms with van der Waals surface area (Å²) in [6.07, 6.45) is 23.5. The van der Waals surface area contributed by atoms with Gasteiger partial charge in [-0.1, -0.05) is 89.8 Å². The molecule has 0 radical (unpaired) electrons. The lowest BCUT2D eigenvalue weighted by molar-refractivity contribution is -0.166. The fraction of sp³-hybridized carbons (Fsp3) is 0.762. The number of methoxy groups -OCH3 is 2. The molecule has 4 heteroatoms. The first-order valence-corrected chi connectivity index (χ1v) is 18.6. The summed E-state index contributed by atoms with van der Waals surface area (Å²) in [5.74, 6) is 3.36. The topological polar surface area (TPSA) is 52.6 Å². The van der Waals surface area contributed by atoms with Gasteiger partial charge in [0, 0.05) is 0 Å². The van der Waals surface area contributed by atoms with E-state index in [1.165, 1.54) is 38.5 Å². The molecule has 6 aliphatic carbocycles. The zero-order valence-corrected chi connectivity index (χ0v) is 30.9. The fourth-order valence-electron chi connectivity index (χ4n) is 11.6. The second kappa shape index (κ2) is 13.1. The summed E-state index contributed by atoms with van der Waals surface area (Å²) in [6, 6.07) is 0. The molecule has 6 aliphatic rings. The minimum absolute atomic E-state index is 0.000467. The lowest BCUT2D eigenvalue weighted by atomic mass is 9.47. The SMILES string of the molecule is COC(=O)[C@]1(C)CCC[C@@]2(C)[C@H]1CC=C1C=C(C(C)C)CC[C@@H]12.COC(=O)[C@]1(C)CCC[C@@]2(C)[C@H]1CC=C1C=C(C(C)C)CC[C@@H]12. The third-order valence-electron chi connectivity index (χ3n) is 14.5. The third-order valence-corrected chi connectivity index (χ3v) is 14.5. The van der Waals surface area contributed by atoms with Crippen LogP contribution in [0, 0.1) is 57.2 Å². The van der Waals surface area contributed by atoms with E-state index in [9.17, 15) is 9.59 Å². The van der Waals surface area contributed by atoms with E-state index in [4.69, 9.17) is 9.47 Å². The van der Waals surface area contributed by atoms with E-state index in [1.807, 2.05) is 0 Å². The van der Waals surface area contributed by atoms with Crippen LogP contribution in [-0.2, 0) is 19.1 Å². The molecule has 256 valence electrons. The number of hydrogen-bond donors (Lipinski definition) is 0. The average molecular weight is 633 g/mol. The predicted octanol–water partition coefficient (Wildman–Crippen LogP) is 10.6. The molecule has 0 heterocycles. The van der Waals surface area contributed by atoms with E-state index < -0.39 is 0 Å². The number of hydrogen-bond acceptors (Lipinski definition) is 4. The number of carbonyl (C=O) groups excluding carboxylic acids is 2. The maximum absolute atomic E-state index is 12.5. The molecule has 0 saturated heterocycles. The molecule has 0 bridgehead atoms. The number of rotatable bonds is 4. The molecule has 0 spiro atoms.